The quantitative estimate of drug-likeness (QED) is 0.690. The van der Waals surface area contributed by atoms with Gasteiger partial charge in [0.15, 0.2) is 6.61 Å². The molecule has 1 amide bonds. The Labute approximate surface area is 161 Å². The minimum atomic E-state index is 0.00195. The molecular formula is C21H19N3O2S. The molecule has 1 saturated heterocycles. The molecule has 2 heterocycles. The summed E-state index contributed by atoms with van der Waals surface area (Å²) < 4.78 is 6.78. The number of likely N-dealkylation sites (tertiary alicyclic amines) is 1. The lowest BCUT2D eigenvalue weighted by Crippen LogP contribution is -2.40. The van der Waals surface area contributed by atoms with Crippen molar-refractivity contribution in [2.75, 3.05) is 19.7 Å². The fraction of sp³-hybridized carbons (Fsp3) is 0.286. The molecule has 1 aliphatic rings. The van der Waals surface area contributed by atoms with Crippen molar-refractivity contribution in [3.8, 4) is 11.8 Å². The van der Waals surface area contributed by atoms with Crippen LogP contribution in [-0.2, 0) is 4.79 Å². The van der Waals surface area contributed by atoms with Crippen molar-refractivity contribution in [3.05, 3.63) is 59.1 Å². The monoisotopic (exact) mass is 377 g/mol. The van der Waals surface area contributed by atoms with Crippen LogP contribution in [0, 0.1) is 11.3 Å². The minimum Gasteiger partial charge on any atom is -0.484 e. The number of nitriles is 1. The van der Waals surface area contributed by atoms with Gasteiger partial charge in [0.1, 0.15) is 5.75 Å². The SMILES string of the molecule is N#Cc1ccc(OCC(=O)N2CCC(c3nc4ccccc4s3)CC2)cc1. The van der Waals surface area contributed by atoms with E-state index in [4.69, 9.17) is 15.0 Å². The Morgan fingerprint density at radius 3 is 2.63 bits per heavy atom. The van der Waals surface area contributed by atoms with Crippen LogP contribution in [0.3, 0.4) is 0 Å². The van der Waals surface area contributed by atoms with Gasteiger partial charge in [0.2, 0.25) is 0 Å². The summed E-state index contributed by atoms with van der Waals surface area (Å²) in [5, 5.41) is 9.98. The Balaban J connectivity index is 1.30. The molecule has 0 saturated carbocycles. The minimum absolute atomic E-state index is 0.00195. The van der Waals surface area contributed by atoms with Crippen LogP contribution in [0.2, 0.25) is 0 Å². The van der Waals surface area contributed by atoms with E-state index in [0.717, 1.165) is 31.4 Å². The average molecular weight is 377 g/mol. The van der Waals surface area contributed by atoms with Crippen LogP contribution < -0.4 is 4.74 Å². The van der Waals surface area contributed by atoms with Crippen LogP contribution in [0.5, 0.6) is 5.75 Å². The first kappa shape index (κ1) is 17.5. The van der Waals surface area contributed by atoms with E-state index >= 15 is 0 Å². The number of fused-ring (bicyclic) bond motifs is 1. The van der Waals surface area contributed by atoms with Gasteiger partial charge in [-0.1, -0.05) is 12.1 Å². The number of benzene rings is 2. The van der Waals surface area contributed by atoms with Gasteiger partial charge in [-0.2, -0.15) is 5.26 Å². The summed E-state index contributed by atoms with van der Waals surface area (Å²) in [6.45, 7) is 1.49. The number of piperidine rings is 1. The summed E-state index contributed by atoms with van der Waals surface area (Å²) >= 11 is 1.76. The van der Waals surface area contributed by atoms with Crippen molar-refractivity contribution < 1.29 is 9.53 Å². The first-order valence-corrected chi connectivity index (χ1v) is 9.81. The molecule has 0 radical (unpaired) electrons. The van der Waals surface area contributed by atoms with Crippen molar-refractivity contribution in [3.63, 3.8) is 0 Å². The average Bonchev–Trinajstić information content (AvgIpc) is 3.17. The van der Waals surface area contributed by atoms with Crippen LogP contribution in [0.25, 0.3) is 10.2 Å². The number of amides is 1. The van der Waals surface area contributed by atoms with Crippen LogP contribution in [0.4, 0.5) is 0 Å². The molecule has 1 aliphatic heterocycles. The molecule has 0 spiro atoms. The number of hydrogen-bond acceptors (Lipinski definition) is 5. The number of carbonyl (C=O) groups excluding carboxylic acids is 1. The summed E-state index contributed by atoms with van der Waals surface area (Å²) in [6, 6.07) is 17.1. The summed E-state index contributed by atoms with van der Waals surface area (Å²) in [6.07, 6.45) is 1.87. The van der Waals surface area contributed by atoms with E-state index in [0.29, 0.717) is 17.2 Å². The second kappa shape index (κ2) is 7.77. The molecule has 0 unspecified atom stereocenters. The molecule has 136 valence electrons. The highest BCUT2D eigenvalue weighted by Crippen LogP contribution is 2.33. The summed E-state index contributed by atoms with van der Waals surface area (Å²) in [4.78, 5) is 19.0. The molecule has 2 aromatic carbocycles. The number of nitrogens with zero attached hydrogens (tertiary/aromatic N) is 3. The number of carbonyl (C=O) groups is 1. The van der Waals surface area contributed by atoms with Gasteiger partial charge < -0.3 is 9.64 Å². The van der Waals surface area contributed by atoms with Crippen molar-refractivity contribution in [1.29, 1.82) is 5.26 Å². The second-order valence-corrected chi connectivity index (χ2v) is 7.66. The van der Waals surface area contributed by atoms with Crippen LogP contribution in [0.15, 0.2) is 48.5 Å². The van der Waals surface area contributed by atoms with Gasteiger partial charge >= 0.3 is 0 Å². The zero-order valence-corrected chi connectivity index (χ0v) is 15.6. The predicted molar refractivity (Wildman–Crippen MR) is 105 cm³/mol. The maximum atomic E-state index is 12.4. The Hall–Kier alpha value is -2.91. The first-order valence-electron chi connectivity index (χ1n) is 8.99. The van der Waals surface area contributed by atoms with Gasteiger partial charge in [0.25, 0.3) is 5.91 Å². The molecule has 6 heteroatoms. The van der Waals surface area contributed by atoms with Gasteiger partial charge in [-0.25, -0.2) is 4.98 Å². The number of hydrogen-bond donors (Lipinski definition) is 0. The Bertz CT molecular complexity index is 950. The summed E-state index contributed by atoms with van der Waals surface area (Å²) in [5.74, 6) is 1.03. The topological polar surface area (TPSA) is 66.2 Å². The van der Waals surface area contributed by atoms with Gasteiger partial charge in [0, 0.05) is 19.0 Å². The van der Waals surface area contributed by atoms with E-state index in [2.05, 4.69) is 18.2 Å². The molecule has 1 fully saturated rings. The highest BCUT2D eigenvalue weighted by molar-refractivity contribution is 7.18. The lowest BCUT2D eigenvalue weighted by Gasteiger charge is -2.31. The fourth-order valence-corrected chi connectivity index (χ4v) is 4.44. The second-order valence-electron chi connectivity index (χ2n) is 6.60. The molecule has 27 heavy (non-hydrogen) atoms. The lowest BCUT2D eigenvalue weighted by atomic mass is 9.97. The van der Waals surface area contributed by atoms with Crippen LogP contribution >= 0.6 is 11.3 Å². The van der Waals surface area contributed by atoms with E-state index in [-0.39, 0.29) is 12.5 Å². The molecule has 0 atom stereocenters. The zero-order chi connectivity index (χ0) is 18.6. The predicted octanol–water partition coefficient (Wildman–Crippen LogP) is 3.95. The van der Waals surface area contributed by atoms with Crippen molar-refractivity contribution in [2.24, 2.45) is 0 Å². The number of rotatable bonds is 4. The molecule has 1 aromatic heterocycles. The highest BCUT2D eigenvalue weighted by Gasteiger charge is 2.26. The van der Waals surface area contributed by atoms with Crippen LogP contribution in [0.1, 0.15) is 29.3 Å². The molecule has 4 rings (SSSR count). The lowest BCUT2D eigenvalue weighted by molar-refractivity contribution is -0.134. The standard InChI is InChI=1S/C21H19N3O2S/c22-13-15-5-7-17(8-6-15)26-14-20(25)24-11-9-16(10-12-24)21-23-18-3-1-2-4-19(18)27-21/h1-8,16H,9-12,14H2. The number of thiazole rings is 1. The van der Waals surface area contributed by atoms with Crippen molar-refractivity contribution in [1.82, 2.24) is 9.88 Å². The molecule has 5 nitrogen and oxygen atoms in total. The summed E-state index contributed by atoms with van der Waals surface area (Å²) in [7, 11) is 0. The van der Waals surface area contributed by atoms with Crippen molar-refractivity contribution >= 4 is 27.5 Å². The van der Waals surface area contributed by atoms with Crippen LogP contribution in [-0.4, -0.2) is 35.5 Å². The maximum Gasteiger partial charge on any atom is 0.260 e. The Morgan fingerprint density at radius 1 is 1.19 bits per heavy atom. The number of aromatic nitrogens is 1. The van der Waals surface area contributed by atoms with E-state index in [1.54, 1.807) is 35.6 Å². The smallest absolute Gasteiger partial charge is 0.260 e. The van der Waals surface area contributed by atoms with Gasteiger partial charge in [-0.05, 0) is 49.2 Å². The molecule has 3 aromatic rings. The third kappa shape index (κ3) is 3.93. The maximum absolute atomic E-state index is 12.4. The number of ether oxygens (including phenoxy) is 1. The van der Waals surface area contributed by atoms with E-state index in [9.17, 15) is 4.79 Å². The normalized spacial score (nSPS) is 14.9. The fourth-order valence-electron chi connectivity index (χ4n) is 3.30. The molecule has 0 bridgehead atoms. The summed E-state index contributed by atoms with van der Waals surface area (Å²) in [5.41, 5.74) is 1.64. The van der Waals surface area contributed by atoms with Gasteiger partial charge in [-0.15, -0.1) is 11.3 Å². The molecule has 0 aliphatic carbocycles. The van der Waals surface area contributed by atoms with E-state index in [1.165, 1.54) is 9.71 Å². The zero-order valence-electron chi connectivity index (χ0n) is 14.8. The molecular weight excluding hydrogens is 358 g/mol. The Kier molecular flexibility index (Phi) is 5.03. The highest BCUT2D eigenvalue weighted by atomic mass is 32.1. The van der Waals surface area contributed by atoms with Gasteiger partial charge in [-0.3, -0.25) is 4.79 Å². The van der Waals surface area contributed by atoms with E-state index in [1.807, 2.05) is 17.0 Å². The van der Waals surface area contributed by atoms with E-state index < -0.39 is 0 Å². The van der Waals surface area contributed by atoms with Gasteiger partial charge in [0.05, 0.1) is 26.9 Å². The molecule has 0 N–H and O–H groups in total. The Morgan fingerprint density at radius 2 is 1.93 bits per heavy atom. The van der Waals surface area contributed by atoms with Crippen molar-refractivity contribution in [2.45, 2.75) is 18.8 Å². The first-order chi connectivity index (χ1) is 13.2. The third-order valence-corrected chi connectivity index (χ3v) is 6.05. The number of para-hydroxylation sites is 1. The third-order valence-electron chi connectivity index (χ3n) is 4.85. The largest absolute Gasteiger partial charge is 0.484 e.